The van der Waals surface area contributed by atoms with Gasteiger partial charge in [0.15, 0.2) is 0 Å². The Balaban J connectivity index is 1.69. The summed E-state index contributed by atoms with van der Waals surface area (Å²) in [6.45, 7) is 0.879. The molecule has 21 heavy (non-hydrogen) atoms. The predicted molar refractivity (Wildman–Crippen MR) is 95.8 cm³/mol. The second-order valence-corrected chi connectivity index (χ2v) is 6.27. The fourth-order valence-electron chi connectivity index (χ4n) is 1.85. The van der Waals surface area contributed by atoms with Gasteiger partial charge in [0.2, 0.25) is 5.91 Å². The SMILES string of the molecule is O=C(CNc1ccc(I)cc1)NCCc1cccc(Cl)c1. The summed E-state index contributed by atoms with van der Waals surface area (Å²) >= 11 is 8.16. The molecule has 3 nitrogen and oxygen atoms in total. The lowest BCUT2D eigenvalue weighted by Gasteiger charge is -2.08. The van der Waals surface area contributed by atoms with Crippen LogP contribution in [-0.4, -0.2) is 19.0 Å². The molecule has 0 atom stereocenters. The quantitative estimate of drug-likeness (QED) is 0.708. The van der Waals surface area contributed by atoms with Gasteiger partial charge in [0.1, 0.15) is 0 Å². The van der Waals surface area contributed by atoms with Crippen molar-refractivity contribution in [2.24, 2.45) is 0 Å². The number of benzene rings is 2. The first-order valence-corrected chi connectivity index (χ1v) is 8.10. The number of nitrogens with one attached hydrogen (secondary N) is 2. The minimum absolute atomic E-state index is 0.0180. The van der Waals surface area contributed by atoms with E-state index in [-0.39, 0.29) is 12.5 Å². The van der Waals surface area contributed by atoms with E-state index in [1.807, 2.05) is 48.5 Å². The maximum atomic E-state index is 11.7. The van der Waals surface area contributed by atoms with Gasteiger partial charge in [-0.05, 0) is 71.0 Å². The first kappa shape index (κ1) is 16.1. The lowest BCUT2D eigenvalue weighted by molar-refractivity contribution is -0.119. The van der Waals surface area contributed by atoms with Gasteiger partial charge < -0.3 is 10.6 Å². The van der Waals surface area contributed by atoms with Crippen molar-refractivity contribution in [1.82, 2.24) is 5.32 Å². The van der Waals surface area contributed by atoms with Crippen molar-refractivity contribution in [2.75, 3.05) is 18.4 Å². The molecule has 0 radical (unpaired) electrons. The molecule has 0 aliphatic carbocycles. The third kappa shape index (κ3) is 5.93. The molecule has 0 fully saturated rings. The van der Waals surface area contributed by atoms with Crippen molar-refractivity contribution in [3.63, 3.8) is 0 Å². The van der Waals surface area contributed by atoms with Crippen molar-refractivity contribution in [3.05, 3.63) is 62.7 Å². The molecule has 0 unspecified atom stereocenters. The van der Waals surface area contributed by atoms with Crippen molar-refractivity contribution in [2.45, 2.75) is 6.42 Å². The molecule has 0 aliphatic rings. The lowest BCUT2D eigenvalue weighted by Crippen LogP contribution is -2.31. The Hall–Kier alpha value is -1.27. The van der Waals surface area contributed by atoms with E-state index >= 15 is 0 Å². The number of amides is 1. The van der Waals surface area contributed by atoms with E-state index in [2.05, 4.69) is 33.2 Å². The summed E-state index contributed by atoms with van der Waals surface area (Å²) < 4.78 is 1.17. The molecular weight excluding hydrogens is 399 g/mol. The van der Waals surface area contributed by atoms with E-state index < -0.39 is 0 Å². The second kappa shape index (κ2) is 8.24. The monoisotopic (exact) mass is 414 g/mol. The molecule has 0 bridgehead atoms. The Labute approximate surface area is 143 Å². The van der Waals surface area contributed by atoms with Gasteiger partial charge in [-0.25, -0.2) is 0 Å². The number of carbonyl (C=O) groups is 1. The molecule has 110 valence electrons. The summed E-state index contributed by atoms with van der Waals surface area (Å²) in [7, 11) is 0. The zero-order chi connectivity index (χ0) is 15.1. The van der Waals surface area contributed by atoms with Gasteiger partial charge in [0.25, 0.3) is 0 Å². The zero-order valence-corrected chi connectivity index (χ0v) is 14.3. The fraction of sp³-hybridized carbons (Fsp3) is 0.188. The maximum absolute atomic E-state index is 11.7. The average molecular weight is 415 g/mol. The van der Waals surface area contributed by atoms with Crippen LogP contribution in [-0.2, 0) is 11.2 Å². The van der Waals surface area contributed by atoms with Gasteiger partial charge in [-0.2, -0.15) is 0 Å². The molecule has 0 saturated heterocycles. The molecule has 1 amide bonds. The molecule has 0 spiro atoms. The average Bonchev–Trinajstić information content (AvgIpc) is 2.47. The number of anilines is 1. The molecule has 2 aromatic rings. The predicted octanol–water partition coefficient (Wildman–Crippen LogP) is 3.72. The van der Waals surface area contributed by atoms with Gasteiger partial charge in [-0.15, -0.1) is 0 Å². The summed E-state index contributed by atoms with van der Waals surface area (Å²) in [5.74, 6) is -0.0180. The topological polar surface area (TPSA) is 41.1 Å². The van der Waals surface area contributed by atoms with Crippen LogP contribution in [0.3, 0.4) is 0 Å². The number of hydrogen-bond donors (Lipinski definition) is 2. The smallest absolute Gasteiger partial charge is 0.239 e. The van der Waals surface area contributed by atoms with Crippen LogP contribution in [0.2, 0.25) is 5.02 Å². The number of rotatable bonds is 6. The minimum atomic E-state index is -0.0180. The lowest BCUT2D eigenvalue weighted by atomic mass is 10.1. The Morgan fingerprint density at radius 2 is 1.90 bits per heavy atom. The van der Waals surface area contributed by atoms with E-state index in [4.69, 9.17) is 11.6 Å². The van der Waals surface area contributed by atoms with Crippen LogP contribution in [0, 0.1) is 3.57 Å². The van der Waals surface area contributed by atoms with Crippen LogP contribution < -0.4 is 10.6 Å². The molecule has 0 aromatic heterocycles. The first-order valence-electron chi connectivity index (χ1n) is 6.64. The van der Waals surface area contributed by atoms with Crippen LogP contribution >= 0.6 is 34.2 Å². The van der Waals surface area contributed by atoms with Crippen molar-refractivity contribution < 1.29 is 4.79 Å². The highest BCUT2D eigenvalue weighted by molar-refractivity contribution is 14.1. The molecule has 0 aliphatic heterocycles. The van der Waals surface area contributed by atoms with Crippen LogP contribution in [0.15, 0.2) is 48.5 Å². The zero-order valence-electron chi connectivity index (χ0n) is 11.4. The highest BCUT2D eigenvalue weighted by Gasteiger charge is 2.01. The Bertz CT molecular complexity index is 601. The maximum Gasteiger partial charge on any atom is 0.239 e. The third-order valence-electron chi connectivity index (χ3n) is 2.92. The number of hydrogen-bond acceptors (Lipinski definition) is 2. The fourth-order valence-corrected chi connectivity index (χ4v) is 2.42. The second-order valence-electron chi connectivity index (χ2n) is 4.59. The van der Waals surface area contributed by atoms with Gasteiger partial charge in [0, 0.05) is 20.8 Å². The van der Waals surface area contributed by atoms with Crippen LogP contribution in [0.4, 0.5) is 5.69 Å². The Morgan fingerprint density at radius 1 is 1.14 bits per heavy atom. The molecule has 2 aromatic carbocycles. The summed E-state index contributed by atoms with van der Waals surface area (Å²) in [4.78, 5) is 11.7. The Morgan fingerprint density at radius 3 is 2.62 bits per heavy atom. The standard InChI is InChI=1S/C16H16ClIN2O/c17-13-3-1-2-12(10-13)8-9-19-16(21)11-20-15-6-4-14(18)5-7-15/h1-7,10,20H,8-9,11H2,(H,19,21). The largest absolute Gasteiger partial charge is 0.376 e. The molecule has 2 N–H and O–H groups in total. The highest BCUT2D eigenvalue weighted by Crippen LogP contribution is 2.11. The van der Waals surface area contributed by atoms with Crippen LogP contribution in [0.1, 0.15) is 5.56 Å². The van der Waals surface area contributed by atoms with Crippen molar-refractivity contribution in [1.29, 1.82) is 0 Å². The summed E-state index contributed by atoms with van der Waals surface area (Å²) in [6, 6.07) is 15.6. The van der Waals surface area contributed by atoms with E-state index in [0.717, 1.165) is 22.7 Å². The highest BCUT2D eigenvalue weighted by atomic mass is 127. The first-order chi connectivity index (χ1) is 10.1. The summed E-state index contributed by atoms with van der Waals surface area (Å²) in [5.41, 5.74) is 2.06. The van der Waals surface area contributed by atoms with Crippen LogP contribution in [0.25, 0.3) is 0 Å². The van der Waals surface area contributed by atoms with Gasteiger partial charge >= 0.3 is 0 Å². The molecule has 2 rings (SSSR count). The van der Waals surface area contributed by atoms with Crippen molar-refractivity contribution in [3.8, 4) is 0 Å². The van der Waals surface area contributed by atoms with Crippen LogP contribution in [0.5, 0.6) is 0 Å². The number of carbonyl (C=O) groups excluding carboxylic acids is 1. The Kier molecular flexibility index (Phi) is 6.32. The van der Waals surface area contributed by atoms with E-state index in [0.29, 0.717) is 6.54 Å². The molecule has 5 heteroatoms. The third-order valence-corrected chi connectivity index (χ3v) is 3.88. The minimum Gasteiger partial charge on any atom is -0.376 e. The van der Waals surface area contributed by atoms with E-state index in [9.17, 15) is 4.79 Å². The van der Waals surface area contributed by atoms with Gasteiger partial charge in [0.05, 0.1) is 6.54 Å². The van der Waals surface area contributed by atoms with Crippen molar-refractivity contribution >= 4 is 45.8 Å². The molecule has 0 saturated carbocycles. The summed E-state index contributed by atoms with van der Waals surface area (Å²) in [6.07, 6.45) is 0.774. The molecular formula is C16H16ClIN2O. The van der Waals surface area contributed by atoms with E-state index in [1.54, 1.807) is 0 Å². The van der Waals surface area contributed by atoms with Gasteiger partial charge in [-0.3, -0.25) is 4.79 Å². The number of halogens is 2. The normalized spacial score (nSPS) is 10.2. The van der Waals surface area contributed by atoms with E-state index in [1.165, 1.54) is 3.57 Å². The summed E-state index contributed by atoms with van der Waals surface area (Å²) in [5, 5.41) is 6.70. The molecule has 0 heterocycles. The van der Waals surface area contributed by atoms with Gasteiger partial charge in [-0.1, -0.05) is 23.7 Å².